The number of aliphatic imine (C=N–C) groups is 1. The van der Waals surface area contributed by atoms with E-state index in [1.54, 1.807) is 48.5 Å². The number of ether oxygens (including phenoxy) is 2. The molecule has 2 atom stereocenters. The summed E-state index contributed by atoms with van der Waals surface area (Å²) in [7, 11) is 0. The number of rotatable bonds is 12. The average Bonchev–Trinajstić information content (AvgIpc) is 3.45. The Bertz CT molecular complexity index is 1780. The molecule has 0 aliphatic carbocycles. The normalized spacial score (nSPS) is 17.3. The molecule has 0 saturated carbocycles. The van der Waals surface area contributed by atoms with E-state index in [0.717, 1.165) is 16.6 Å². The molecule has 4 aromatic carbocycles. The van der Waals surface area contributed by atoms with Gasteiger partial charge in [-0.2, -0.15) is 13.2 Å². The number of nitrogens with zero attached hydrogens (tertiary/aromatic N) is 4. The fourth-order valence-corrected chi connectivity index (χ4v) is 5.43. The van der Waals surface area contributed by atoms with Crippen molar-refractivity contribution in [2.24, 2.45) is 10.1 Å². The quantitative estimate of drug-likeness (QED) is 0.0669. The van der Waals surface area contributed by atoms with E-state index < -0.39 is 29.3 Å². The van der Waals surface area contributed by atoms with E-state index in [2.05, 4.69) is 31.3 Å². The lowest BCUT2D eigenvalue weighted by Crippen LogP contribution is -2.49. The smallest absolute Gasteiger partial charge is 0.416 e. The van der Waals surface area contributed by atoms with Gasteiger partial charge >= 0.3 is 6.18 Å². The van der Waals surface area contributed by atoms with Crippen LogP contribution in [0.4, 0.5) is 18.9 Å². The summed E-state index contributed by atoms with van der Waals surface area (Å²) in [6.45, 7) is 0.270. The third-order valence-corrected chi connectivity index (χ3v) is 8.07. The SMILES string of the molecule is [N-]=[N+]=Nc1ccccc1C[C@@]1(C(=O)NCc2ccc(C(F)(F)F)cc2)N=C(c2ccc(OCCCO)cc2)O[C@@H]1c1ccc(Br)cc1. The predicted molar refractivity (Wildman–Crippen MR) is 173 cm³/mol. The Balaban J connectivity index is 1.57. The summed E-state index contributed by atoms with van der Waals surface area (Å²) in [6, 6.07) is 25.6. The number of aliphatic hydroxyl groups excluding tert-OH is 1. The van der Waals surface area contributed by atoms with Gasteiger partial charge in [0, 0.05) is 46.6 Å². The molecule has 0 saturated heterocycles. The molecule has 242 valence electrons. The van der Waals surface area contributed by atoms with Crippen LogP contribution in [0.3, 0.4) is 0 Å². The molecule has 0 aromatic heterocycles. The number of aliphatic hydroxyl groups is 1. The van der Waals surface area contributed by atoms with Gasteiger partial charge in [-0.1, -0.05) is 69.6 Å². The summed E-state index contributed by atoms with van der Waals surface area (Å²) in [5, 5.41) is 15.7. The van der Waals surface area contributed by atoms with Gasteiger partial charge in [0.15, 0.2) is 11.6 Å². The molecule has 13 heteroatoms. The highest BCUT2D eigenvalue weighted by Gasteiger charge is 2.53. The highest BCUT2D eigenvalue weighted by Crippen LogP contribution is 2.44. The summed E-state index contributed by atoms with van der Waals surface area (Å²) in [5.74, 6) is 0.222. The second-order valence-corrected chi connectivity index (χ2v) is 11.6. The molecule has 9 nitrogen and oxygen atoms in total. The monoisotopic (exact) mass is 707 g/mol. The first-order valence-corrected chi connectivity index (χ1v) is 15.4. The van der Waals surface area contributed by atoms with Gasteiger partial charge in [-0.25, -0.2) is 4.99 Å². The number of benzene rings is 4. The second-order valence-electron chi connectivity index (χ2n) is 10.7. The van der Waals surface area contributed by atoms with E-state index in [4.69, 9.17) is 19.6 Å². The topological polar surface area (TPSA) is 129 Å². The molecule has 2 N–H and O–H groups in total. The molecule has 0 fully saturated rings. The number of hydrogen-bond donors (Lipinski definition) is 2. The Kier molecular flexibility index (Phi) is 10.5. The van der Waals surface area contributed by atoms with Crippen molar-refractivity contribution >= 4 is 33.4 Å². The maximum Gasteiger partial charge on any atom is 0.416 e. The number of amides is 1. The third kappa shape index (κ3) is 7.94. The van der Waals surface area contributed by atoms with Crippen LogP contribution in [-0.2, 0) is 28.7 Å². The van der Waals surface area contributed by atoms with Crippen molar-refractivity contribution in [2.45, 2.75) is 37.2 Å². The minimum absolute atomic E-state index is 0.00595. The van der Waals surface area contributed by atoms with Crippen LogP contribution in [0.1, 0.15) is 40.3 Å². The standard InChI is InChI=1S/C34H29BrF3N5O4/c35-27-14-8-23(9-15-27)30-33(20-25-4-1-2-5-29(25)42-43-39,32(45)40-21-22-6-12-26(13-7-22)34(36,37)38)41-31(47-30)24-10-16-28(17-11-24)46-19-3-18-44/h1-2,4-17,30,44H,3,18-21H2,(H,40,45)/t30-,33-/m1/s1. The lowest BCUT2D eigenvalue weighted by atomic mass is 9.81. The third-order valence-electron chi connectivity index (χ3n) is 7.54. The van der Waals surface area contributed by atoms with E-state index >= 15 is 0 Å². The number of carbonyl (C=O) groups is 1. The van der Waals surface area contributed by atoms with E-state index in [-0.39, 0.29) is 25.5 Å². The van der Waals surface area contributed by atoms with E-state index in [1.807, 2.05) is 24.3 Å². The van der Waals surface area contributed by atoms with E-state index in [0.29, 0.717) is 46.7 Å². The first-order valence-electron chi connectivity index (χ1n) is 14.6. The van der Waals surface area contributed by atoms with Crippen LogP contribution in [0.25, 0.3) is 10.4 Å². The summed E-state index contributed by atoms with van der Waals surface area (Å²) < 4.78 is 52.4. The summed E-state index contributed by atoms with van der Waals surface area (Å²) in [6.07, 6.45) is -4.99. The van der Waals surface area contributed by atoms with Gasteiger partial charge in [0.1, 0.15) is 5.75 Å². The molecule has 0 bridgehead atoms. The summed E-state index contributed by atoms with van der Waals surface area (Å²) in [5.41, 5.74) is 9.32. The molecule has 0 radical (unpaired) electrons. The van der Waals surface area contributed by atoms with Crippen molar-refractivity contribution in [3.05, 3.63) is 140 Å². The molecule has 5 rings (SSSR count). The Labute approximate surface area is 276 Å². The van der Waals surface area contributed by atoms with Gasteiger partial charge in [-0.15, -0.1) is 0 Å². The molecular weight excluding hydrogens is 679 g/mol. The first-order chi connectivity index (χ1) is 22.6. The fraction of sp³-hybridized carbons (Fsp3) is 0.235. The number of halogens is 4. The molecule has 0 spiro atoms. The van der Waals surface area contributed by atoms with E-state index in [9.17, 15) is 23.5 Å². The Morgan fingerprint density at radius 1 is 1.04 bits per heavy atom. The van der Waals surface area contributed by atoms with Crippen LogP contribution in [0.5, 0.6) is 5.75 Å². The number of azide groups is 1. The number of hydrogen-bond acceptors (Lipinski definition) is 6. The summed E-state index contributed by atoms with van der Waals surface area (Å²) in [4.78, 5) is 22.3. The fourth-order valence-electron chi connectivity index (χ4n) is 5.16. The number of carbonyl (C=O) groups excluding carboxylic acids is 1. The van der Waals surface area contributed by atoms with Crippen molar-refractivity contribution in [2.75, 3.05) is 13.2 Å². The van der Waals surface area contributed by atoms with Crippen LogP contribution in [-0.4, -0.2) is 35.7 Å². The molecular formula is C34H29BrF3N5O4. The lowest BCUT2D eigenvalue weighted by Gasteiger charge is -2.31. The van der Waals surface area contributed by atoms with Gasteiger partial charge in [0.25, 0.3) is 5.91 Å². The highest BCUT2D eigenvalue weighted by atomic mass is 79.9. The highest BCUT2D eigenvalue weighted by molar-refractivity contribution is 9.10. The second kappa shape index (κ2) is 14.7. The lowest BCUT2D eigenvalue weighted by molar-refractivity contribution is -0.137. The van der Waals surface area contributed by atoms with Crippen molar-refractivity contribution < 1.29 is 32.5 Å². The Morgan fingerprint density at radius 2 is 1.74 bits per heavy atom. The zero-order valence-electron chi connectivity index (χ0n) is 24.8. The predicted octanol–water partition coefficient (Wildman–Crippen LogP) is 7.99. The van der Waals surface area contributed by atoms with Crippen LogP contribution in [0, 0.1) is 0 Å². The number of nitrogens with one attached hydrogen (secondary N) is 1. The maximum atomic E-state index is 14.4. The van der Waals surface area contributed by atoms with Gasteiger partial charge in [0.05, 0.1) is 12.2 Å². The molecule has 1 heterocycles. The van der Waals surface area contributed by atoms with Crippen LogP contribution >= 0.6 is 15.9 Å². The summed E-state index contributed by atoms with van der Waals surface area (Å²) >= 11 is 3.45. The van der Waals surface area contributed by atoms with Gasteiger partial charge < -0.3 is 19.9 Å². The Hall–Kier alpha value is -4.84. The van der Waals surface area contributed by atoms with Crippen molar-refractivity contribution in [1.29, 1.82) is 0 Å². The van der Waals surface area contributed by atoms with Crippen LogP contribution in [0.2, 0.25) is 0 Å². The number of alkyl halides is 3. The van der Waals surface area contributed by atoms with Crippen LogP contribution in [0.15, 0.2) is 112 Å². The minimum Gasteiger partial charge on any atom is -0.494 e. The molecule has 0 unspecified atom stereocenters. The van der Waals surface area contributed by atoms with Crippen LogP contribution < -0.4 is 10.1 Å². The molecule has 4 aromatic rings. The molecule has 1 amide bonds. The Morgan fingerprint density at radius 3 is 2.40 bits per heavy atom. The molecule has 1 aliphatic rings. The maximum absolute atomic E-state index is 14.4. The van der Waals surface area contributed by atoms with Gasteiger partial charge in [-0.3, -0.25) is 4.79 Å². The first kappa shape index (κ1) is 33.5. The molecule has 47 heavy (non-hydrogen) atoms. The largest absolute Gasteiger partial charge is 0.494 e. The van der Waals surface area contributed by atoms with Gasteiger partial charge in [0.2, 0.25) is 5.90 Å². The van der Waals surface area contributed by atoms with Crippen molar-refractivity contribution in [3.63, 3.8) is 0 Å². The van der Waals surface area contributed by atoms with E-state index in [1.165, 1.54) is 12.1 Å². The van der Waals surface area contributed by atoms with Crippen molar-refractivity contribution in [3.8, 4) is 5.75 Å². The zero-order valence-corrected chi connectivity index (χ0v) is 26.4. The van der Waals surface area contributed by atoms with Gasteiger partial charge in [-0.05, 0) is 70.8 Å². The molecule has 1 aliphatic heterocycles. The van der Waals surface area contributed by atoms with Crippen molar-refractivity contribution in [1.82, 2.24) is 5.32 Å². The minimum atomic E-state index is -4.49. The zero-order chi connectivity index (χ0) is 33.4. The average molecular weight is 709 g/mol.